The van der Waals surface area contributed by atoms with Crippen molar-refractivity contribution in [1.29, 1.82) is 0 Å². The minimum atomic E-state index is 0.347. The number of morpholine rings is 1. The van der Waals surface area contributed by atoms with E-state index in [0.29, 0.717) is 36.0 Å². The van der Waals surface area contributed by atoms with Gasteiger partial charge in [-0.15, -0.1) is 0 Å². The molecule has 1 fully saturated rings. The molecule has 0 aliphatic carbocycles. The summed E-state index contributed by atoms with van der Waals surface area (Å²) in [5, 5.41) is 4.58. The summed E-state index contributed by atoms with van der Waals surface area (Å²) in [7, 11) is 0. The molecule has 3 rings (SSSR count). The maximum atomic E-state index is 10.8. The lowest BCUT2D eigenvalue weighted by Gasteiger charge is -2.28. The summed E-state index contributed by atoms with van der Waals surface area (Å²) in [6.45, 7) is 2.88. The van der Waals surface area contributed by atoms with Gasteiger partial charge in [0.15, 0.2) is 11.9 Å². The highest BCUT2D eigenvalue weighted by Gasteiger charge is 2.17. The lowest BCUT2D eigenvalue weighted by Crippen LogP contribution is -2.37. The van der Waals surface area contributed by atoms with Gasteiger partial charge in [-0.05, 0) is 0 Å². The van der Waals surface area contributed by atoms with Gasteiger partial charge >= 0.3 is 0 Å². The average molecular weight is 267 g/mol. The normalized spacial score (nSPS) is 16.2. The van der Waals surface area contributed by atoms with Crippen molar-refractivity contribution in [2.75, 3.05) is 31.2 Å². The first kappa shape index (κ1) is 11.4. The van der Waals surface area contributed by atoms with Crippen LogP contribution >= 0.6 is 11.6 Å². The number of hydrogen-bond acceptors (Lipinski definition) is 5. The van der Waals surface area contributed by atoms with Crippen LogP contribution in [0.15, 0.2) is 12.1 Å². The molecule has 0 amide bonds. The van der Waals surface area contributed by atoms with Crippen molar-refractivity contribution in [3.8, 4) is 0 Å². The van der Waals surface area contributed by atoms with Crippen LogP contribution in [-0.4, -0.2) is 47.2 Å². The number of anilines is 1. The van der Waals surface area contributed by atoms with Gasteiger partial charge in [-0.3, -0.25) is 4.79 Å². The second-order valence-corrected chi connectivity index (χ2v) is 4.38. The zero-order chi connectivity index (χ0) is 12.5. The van der Waals surface area contributed by atoms with E-state index in [-0.39, 0.29) is 0 Å². The van der Waals surface area contributed by atoms with Crippen LogP contribution in [0.4, 0.5) is 5.82 Å². The molecule has 18 heavy (non-hydrogen) atoms. The molecule has 0 atom stereocenters. The molecule has 0 saturated carbocycles. The molecular weight excluding hydrogens is 256 g/mol. The number of nitrogens with zero attached hydrogens (tertiary/aromatic N) is 4. The van der Waals surface area contributed by atoms with Gasteiger partial charge in [0.1, 0.15) is 16.7 Å². The van der Waals surface area contributed by atoms with Crippen molar-refractivity contribution < 1.29 is 9.53 Å². The molecule has 0 aromatic carbocycles. The Morgan fingerprint density at radius 3 is 2.83 bits per heavy atom. The van der Waals surface area contributed by atoms with Crippen molar-refractivity contribution in [3.05, 3.63) is 23.0 Å². The van der Waals surface area contributed by atoms with Crippen LogP contribution in [0.1, 0.15) is 10.5 Å². The first-order chi connectivity index (χ1) is 8.78. The van der Waals surface area contributed by atoms with E-state index < -0.39 is 0 Å². The van der Waals surface area contributed by atoms with Gasteiger partial charge in [0.2, 0.25) is 0 Å². The summed E-state index contributed by atoms with van der Waals surface area (Å²) in [5.74, 6) is 0.835. The zero-order valence-corrected chi connectivity index (χ0v) is 10.3. The highest BCUT2D eigenvalue weighted by Crippen LogP contribution is 2.21. The van der Waals surface area contributed by atoms with Crippen LogP contribution in [0, 0.1) is 0 Å². The van der Waals surface area contributed by atoms with Crippen molar-refractivity contribution >= 4 is 29.4 Å². The van der Waals surface area contributed by atoms with E-state index in [1.54, 1.807) is 16.6 Å². The molecule has 0 N–H and O–H groups in total. The molecule has 0 radical (unpaired) electrons. The van der Waals surface area contributed by atoms with E-state index in [1.165, 1.54) is 0 Å². The van der Waals surface area contributed by atoms with Gasteiger partial charge in [-0.25, -0.2) is 4.98 Å². The number of halogens is 1. The first-order valence-corrected chi connectivity index (χ1v) is 6.00. The second-order valence-electron chi connectivity index (χ2n) is 3.99. The largest absolute Gasteiger partial charge is 0.378 e. The lowest BCUT2D eigenvalue weighted by molar-refractivity contribution is 0.111. The van der Waals surface area contributed by atoms with E-state index in [1.807, 2.05) is 0 Å². The molecule has 6 nitrogen and oxygen atoms in total. The van der Waals surface area contributed by atoms with E-state index in [9.17, 15) is 4.79 Å². The summed E-state index contributed by atoms with van der Waals surface area (Å²) in [4.78, 5) is 17.0. The molecule has 1 aliphatic rings. The van der Waals surface area contributed by atoms with Crippen LogP contribution in [0.5, 0.6) is 0 Å². The minimum absolute atomic E-state index is 0.347. The Bertz CT molecular complexity index is 592. The fourth-order valence-corrected chi connectivity index (χ4v) is 2.21. The maximum absolute atomic E-state index is 10.8. The fourth-order valence-electron chi connectivity index (χ4n) is 2.02. The van der Waals surface area contributed by atoms with Crippen LogP contribution in [0.2, 0.25) is 5.15 Å². The van der Waals surface area contributed by atoms with Crippen LogP contribution in [-0.2, 0) is 4.74 Å². The molecule has 2 aromatic rings. The third kappa shape index (κ3) is 1.93. The Morgan fingerprint density at radius 2 is 2.11 bits per heavy atom. The van der Waals surface area contributed by atoms with Crippen LogP contribution < -0.4 is 4.90 Å². The third-order valence-corrected chi connectivity index (χ3v) is 3.05. The molecule has 0 spiro atoms. The lowest BCUT2D eigenvalue weighted by atomic mass is 10.4. The molecule has 0 unspecified atom stereocenters. The summed E-state index contributed by atoms with van der Waals surface area (Å²) in [6.07, 6.45) is 0.700. The number of fused-ring (bicyclic) bond motifs is 1. The van der Waals surface area contributed by atoms with E-state index in [2.05, 4.69) is 15.0 Å². The zero-order valence-electron chi connectivity index (χ0n) is 9.54. The van der Waals surface area contributed by atoms with Gasteiger partial charge in [0.25, 0.3) is 0 Å². The Labute approximate surface area is 108 Å². The number of carbonyl (C=O) groups excluding carboxylic acids is 1. The Morgan fingerprint density at radius 1 is 1.33 bits per heavy atom. The number of aromatic nitrogens is 3. The summed E-state index contributed by atoms with van der Waals surface area (Å²) < 4.78 is 6.95. The third-order valence-electron chi connectivity index (χ3n) is 2.85. The fraction of sp³-hybridized carbons (Fsp3) is 0.364. The second kappa shape index (κ2) is 4.55. The Balaban J connectivity index is 2.13. The van der Waals surface area contributed by atoms with Gasteiger partial charge < -0.3 is 9.64 Å². The number of hydrogen-bond donors (Lipinski definition) is 0. The van der Waals surface area contributed by atoms with Gasteiger partial charge in [-0.1, -0.05) is 11.6 Å². The van der Waals surface area contributed by atoms with E-state index >= 15 is 0 Å². The molecule has 7 heteroatoms. The average Bonchev–Trinajstić information content (AvgIpc) is 2.81. The summed E-state index contributed by atoms with van der Waals surface area (Å²) >= 11 is 6.00. The highest BCUT2D eigenvalue weighted by molar-refractivity contribution is 6.29. The molecule has 0 bridgehead atoms. The molecule has 1 saturated heterocycles. The van der Waals surface area contributed by atoms with Crippen molar-refractivity contribution in [3.63, 3.8) is 0 Å². The monoisotopic (exact) mass is 266 g/mol. The molecule has 2 aromatic heterocycles. The SMILES string of the molecule is O=Cc1cc2nc(Cl)cc(N3CCOCC3)n2n1. The van der Waals surface area contributed by atoms with Crippen molar-refractivity contribution in [1.82, 2.24) is 14.6 Å². The van der Waals surface area contributed by atoms with Gasteiger partial charge in [0, 0.05) is 25.2 Å². The molecule has 94 valence electrons. The first-order valence-electron chi connectivity index (χ1n) is 5.62. The number of ether oxygens (including phenoxy) is 1. The standard InChI is InChI=1S/C11H11ClN4O2/c12-9-6-11(15-1-3-18-4-2-15)16-10(13-9)5-8(7-17)14-16/h5-7H,1-4H2. The van der Waals surface area contributed by atoms with Crippen LogP contribution in [0.25, 0.3) is 5.65 Å². The number of carbonyl (C=O) groups is 1. The summed E-state index contributed by atoms with van der Waals surface area (Å²) in [6, 6.07) is 3.37. The number of aldehydes is 1. The summed E-state index contributed by atoms with van der Waals surface area (Å²) in [5.41, 5.74) is 0.922. The molecular formula is C11H11ClN4O2. The minimum Gasteiger partial charge on any atom is -0.378 e. The highest BCUT2D eigenvalue weighted by atomic mass is 35.5. The maximum Gasteiger partial charge on any atom is 0.170 e. The topological polar surface area (TPSA) is 59.7 Å². The van der Waals surface area contributed by atoms with Gasteiger partial charge in [0.05, 0.1) is 13.2 Å². The Kier molecular flexibility index (Phi) is 2.89. The quantitative estimate of drug-likeness (QED) is 0.600. The van der Waals surface area contributed by atoms with E-state index in [4.69, 9.17) is 16.3 Å². The smallest absolute Gasteiger partial charge is 0.170 e. The van der Waals surface area contributed by atoms with Gasteiger partial charge in [-0.2, -0.15) is 9.61 Å². The molecule has 1 aliphatic heterocycles. The van der Waals surface area contributed by atoms with Crippen molar-refractivity contribution in [2.45, 2.75) is 0 Å². The molecule has 3 heterocycles. The van der Waals surface area contributed by atoms with E-state index in [0.717, 1.165) is 18.9 Å². The Hall–Kier alpha value is -1.66. The predicted molar refractivity (Wildman–Crippen MR) is 66.4 cm³/mol. The van der Waals surface area contributed by atoms with Crippen LogP contribution in [0.3, 0.4) is 0 Å². The number of rotatable bonds is 2. The predicted octanol–water partition coefficient (Wildman–Crippen LogP) is 1.03. The van der Waals surface area contributed by atoms with Crippen molar-refractivity contribution in [2.24, 2.45) is 0 Å².